The smallest absolute Gasteiger partial charge is 0.336 e. The minimum atomic E-state index is -0.420. The van der Waals surface area contributed by atoms with Crippen LogP contribution in [0.2, 0.25) is 5.02 Å². The number of hydrogen-bond acceptors (Lipinski definition) is 4. The first-order valence-electron chi connectivity index (χ1n) is 12.2. The Kier molecular flexibility index (Phi) is 7.91. The monoisotopic (exact) mass is 494 g/mol. The standard InChI is InChI=1S/C28H31ClN2O4/c1-3-35-28(34)26-19(2)31(25(32)17-24(26)21-10-12-23(29)13-11-21)18-20-8-7-9-22(16-20)27(33)30-14-5-4-6-15-30/h7-13,16,24H,3-6,14-15,17-18H2,1-2H3/t24-/m1/s1. The van der Waals surface area contributed by atoms with E-state index in [4.69, 9.17) is 16.3 Å². The molecule has 0 unspecified atom stereocenters. The molecule has 0 radical (unpaired) electrons. The number of carbonyl (C=O) groups is 3. The summed E-state index contributed by atoms with van der Waals surface area (Å²) in [7, 11) is 0. The zero-order valence-corrected chi connectivity index (χ0v) is 21.0. The van der Waals surface area contributed by atoms with Gasteiger partial charge in [0.15, 0.2) is 0 Å². The summed E-state index contributed by atoms with van der Waals surface area (Å²) in [6.45, 7) is 5.64. The third kappa shape index (κ3) is 5.59. The van der Waals surface area contributed by atoms with Gasteiger partial charge in [-0.25, -0.2) is 4.79 Å². The molecule has 0 aliphatic carbocycles. The molecule has 1 fully saturated rings. The van der Waals surface area contributed by atoms with Crippen molar-refractivity contribution in [3.63, 3.8) is 0 Å². The van der Waals surface area contributed by atoms with Gasteiger partial charge in [0.05, 0.1) is 18.7 Å². The third-order valence-corrected chi connectivity index (χ3v) is 7.00. The zero-order valence-electron chi connectivity index (χ0n) is 20.3. The van der Waals surface area contributed by atoms with E-state index in [-0.39, 0.29) is 31.4 Å². The van der Waals surface area contributed by atoms with Gasteiger partial charge in [0.1, 0.15) is 0 Å². The van der Waals surface area contributed by atoms with Crippen LogP contribution < -0.4 is 0 Å². The highest BCUT2D eigenvalue weighted by molar-refractivity contribution is 6.30. The van der Waals surface area contributed by atoms with Crippen LogP contribution in [0.4, 0.5) is 0 Å². The van der Waals surface area contributed by atoms with Gasteiger partial charge in [-0.3, -0.25) is 9.59 Å². The van der Waals surface area contributed by atoms with Crippen LogP contribution in [0.3, 0.4) is 0 Å². The van der Waals surface area contributed by atoms with Gasteiger partial charge < -0.3 is 14.5 Å². The number of halogens is 1. The van der Waals surface area contributed by atoms with E-state index in [9.17, 15) is 14.4 Å². The van der Waals surface area contributed by atoms with Crippen molar-refractivity contribution in [2.24, 2.45) is 0 Å². The van der Waals surface area contributed by atoms with Crippen molar-refractivity contribution in [2.45, 2.75) is 52.0 Å². The fourth-order valence-corrected chi connectivity index (χ4v) is 5.05. The van der Waals surface area contributed by atoms with Gasteiger partial charge in [-0.1, -0.05) is 35.9 Å². The molecule has 35 heavy (non-hydrogen) atoms. The molecule has 0 aromatic heterocycles. The molecule has 2 amide bonds. The molecule has 2 aliphatic rings. The summed E-state index contributed by atoms with van der Waals surface area (Å²) in [4.78, 5) is 42.8. The average Bonchev–Trinajstić information content (AvgIpc) is 2.87. The lowest BCUT2D eigenvalue weighted by atomic mass is 9.83. The fourth-order valence-electron chi connectivity index (χ4n) is 4.92. The van der Waals surface area contributed by atoms with Gasteiger partial charge in [-0.2, -0.15) is 0 Å². The van der Waals surface area contributed by atoms with Gasteiger partial charge in [0.25, 0.3) is 5.91 Å². The van der Waals surface area contributed by atoms with E-state index in [0.29, 0.717) is 21.9 Å². The second-order valence-corrected chi connectivity index (χ2v) is 9.50. The third-order valence-electron chi connectivity index (χ3n) is 6.75. The zero-order chi connectivity index (χ0) is 24.9. The van der Waals surface area contributed by atoms with Crippen molar-refractivity contribution in [2.75, 3.05) is 19.7 Å². The van der Waals surface area contributed by atoms with Crippen LogP contribution in [0.25, 0.3) is 0 Å². The highest BCUT2D eigenvalue weighted by Crippen LogP contribution is 2.38. The lowest BCUT2D eigenvalue weighted by molar-refractivity contribution is -0.140. The van der Waals surface area contributed by atoms with Crippen LogP contribution in [0.1, 0.15) is 66.9 Å². The van der Waals surface area contributed by atoms with E-state index >= 15 is 0 Å². The molecule has 6 nitrogen and oxygen atoms in total. The highest BCUT2D eigenvalue weighted by atomic mass is 35.5. The first kappa shape index (κ1) is 25.0. The van der Waals surface area contributed by atoms with Gasteiger partial charge in [-0.05, 0) is 68.5 Å². The molecule has 2 aromatic rings. The van der Waals surface area contributed by atoms with Crippen molar-refractivity contribution in [1.29, 1.82) is 0 Å². The number of nitrogens with zero attached hydrogens (tertiary/aromatic N) is 2. The topological polar surface area (TPSA) is 66.9 Å². The van der Waals surface area contributed by atoms with Crippen LogP contribution >= 0.6 is 11.6 Å². The Morgan fingerprint density at radius 2 is 1.77 bits per heavy atom. The minimum absolute atomic E-state index is 0.0267. The van der Waals surface area contributed by atoms with Gasteiger partial charge in [0, 0.05) is 41.7 Å². The number of rotatable bonds is 6. The second-order valence-electron chi connectivity index (χ2n) is 9.06. The number of allylic oxidation sites excluding steroid dienone is 1. The summed E-state index contributed by atoms with van der Waals surface area (Å²) < 4.78 is 5.37. The summed E-state index contributed by atoms with van der Waals surface area (Å²) in [5.41, 5.74) is 3.37. The predicted octanol–water partition coefficient (Wildman–Crippen LogP) is 5.32. The Labute approximate surface area is 211 Å². The van der Waals surface area contributed by atoms with Crippen LogP contribution in [0.15, 0.2) is 59.8 Å². The number of hydrogen-bond donors (Lipinski definition) is 0. The first-order valence-corrected chi connectivity index (χ1v) is 12.6. The number of benzene rings is 2. The number of ether oxygens (including phenoxy) is 1. The van der Waals surface area contributed by atoms with E-state index < -0.39 is 11.9 Å². The summed E-state index contributed by atoms with van der Waals surface area (Å²) in [6, 6.07) is 14.6. The molecule has 2 heterocycles. The van der Waals surface area contributed by atoms with Gasteiger partial charge in [-0.15, -0.1) is 0 Å². The molecule has 0 bridgehead atoms. The van der Waals surface area contributed by atoms with Crippen molar-refractivity contribution < 1.29 is 19.1 Å². The first-order chi connectivity index (χ1) is 16.9. The van der Waals surface area contributed by atoms with Crippen LogP contribution in [0, 0.1) is 0 Å². The van der Waals surface area contributed by atoms with Gasteiger partial charge >= 0.3 is 5.97 Å². The molecule has 2 aromatic carbocycles. The molecule has 7 heteroatoms. The number of likely N-dealkylation sites (tertiary alicyclic amines) is 1. The normalized spacial score (nSPS) is 18.6. The van der Waals surface area contributed by atoms with Crippen LogP contribution in [-0.4, -0.2) is 47.3 Å². The largest absolute Gasteiger partial charge is 0.463 e. The molecule has 0 saturated carbocycles. The maximum Gasteiger partial charge on any atom is 0.336 e. The quantitative estimate of drug-likeness (QED) is 0.510. The number of piperidine rings is 1. The molecule has 4 rings (SSSR count). The number of esters is 1. The van der Waals surface area contributed by atoms with Crippen molar-refractivity contribution in [3.05, 3.63) is 81.5 Å². The highest BCUT2D eigenvalue weighted by Gasteiger charge is 2.37. The van der Waals surface area contributed by atoms with Crippen molar-refractivity contribution in [1.82, 2.24) is 9.80 Å². The maximum absolute atomic E-state index is 13.3. The van der Waals surface area contributed by atoms with Crippen LogP contribution in [-0.2, 0) is 20.9 Å². The second kappa shape index (κ2) is 11.1. The molecule has 1 saturated heterocycles. The summed E-state index contributed by atoms with van der Waals surface area (Å²) in [5.74, 6) is -0.874. The van der Waals surface area contributed by atoms with Crippen molar-refractivity contribution >= 4 is 29.4 Å². The molecule has 0 spiro atoms. The Morgan fingerprint density at radius 3 is 2.46 bits per heavy atom. The average molecular weight is 495 g/mol. The molecule has 184 valence electrons. The van der Waals surface area contributed by atoms with E-state index in [1.54, 1.807) is 30.9 Å². The molecule has 2 aliphatic heterocycles. The summed E-state index contributed by atoms with van der Waals surface area (Å²) >= 11 is 6.05. The minimum Gasteiger partial charge on any atom is -0.463 e. The molecular formula is C28H31ClN2O4. The van der Waals surface area contributed by atoms with Crippen LogP contribution in [0.5, 0.6) is 0 Å². The van der Waals surface area contributed by atoms with E-state index in [0.717, 1.165) is 43.5 Å². The van der Waals surface area contributed by atoms with Gasteiger partial charge in [0.2, 0.25) is 5.91 Å². The predicted molar refractivity (Wildman–Crippen MR) is 135 cm³/mol. The number of carbonyl (C=O) groups excluding carboxylic acids is 3. The van der Waals surface area contributed by atoms with E-state index in [1.807, 2.05) is 41.3 Å². The molecular weight excluding hydrogens is 464 g/mol. The Balaban J connectivity index is 1.63. The molecule has 0 N–H and O–H groups in total. The maximum atomic E-state index is 13.3. The molecule has 1 atom stereocenters. The lowest BCUT2D eigenvalue weighted by Gasteiger charge is -2.34. The summed E-state index contributed by atoms with van der Waals surface area (Å²) in [6.07, 6.45) is 3.37. The fraction of sp³-hybridized carbons (Fsp3) is 0.393. The Morgan fingerprint density at radius 1 is 1.06 bits per heavy atom. The Bertz CT molecular complexity index is 1140. The Hall–Kier alpha value is -3.12. The SMILES string of the molecule is CCOC(=O)C1=C(C)N(Cc2cccc(C(=O)N3CCCCC3)c2)C(=O)C[C@@H]1c1ccc(Cl)cc1. The van der Waals surface area contributed by atoms with E-state index in [2.05, 4.69) is 0 Å². The summed E-state index contributed by atoms with van der Waals surface area (Å²) in [5, 5.41) is 0.592. The number of amides is 2. The van der Waals surface area contributed by atoms with Crippen molar-refractivity contribution in [3.8, 4) is 0 Å². The lowest BCUT2D eigenvalue weighted by Crippen LogP contribution is -2.38. The van der Waals surface area contributed by atoms with E-state index in [1.165, 1.54) is 0 Å².